The van der Waals surface area contributed by atoms with E-state index in [-0.39, 0.29) is 35.7 Å². The molecule has 2 rings (SSSR count). The second-order valence-corrected chi connectivity index (χ2v) is 8.34. The molecule has 1 fully saturated rings. The van der Waals surface area contributed by atoms with Crippen molar-refractivity contribution in [1.82, 2.24) is 25.3 Å². The standard InChI is InChI=1S/C22H37FN6O.HI/c1-6-24-22(25-14-17-7-8-20(23)18(13-17)15-27(2)3)26-19-9-11-29(12-10-19)16-21(30)28(4)5;/h7-8,13,19H,6,9-12,14-16H2,1-5H3,(H2,24,25,26);1H. The Labute approximate surface area is 203 Å². The number of nitrogens with one attached hydrogen (secondary N) is 2. The second kappa shape index (κ2) is 13.8. The summed E-state index contributed by atoms with van der Waals surface area (Å²) in [5.41, 5.74) is 1.67. The predicted octanol–water partition coefficient (Wildman–Crippen LogP) is 2.11. The van der Waals surface area contributed by atoms with E-state index < -0.39 is 0 Å². The largest absolute Gasteiger partial charge is 0.357 e. The Kier molecular flexibility index (Phi) is 12.3. The molecule has 0 saturated carbocycles. The van der Waals surface area contributed by atoms with Gasteiger partial charge in [-0.1, -0.05) is 6.07 Å². The summed E-state index contributed by atoms with van der Waals surface area (Å²) < 4.78 is 14.0. The van der Waals surface area contributed by atoms with Gasteiger partial charge in [0.1, 0.15) is 5.82 Å². The van der Waals surface area contributed by atoms with E-state index in [2.05, 4.69) is 15.5 Å². The van der Waals surface area contributed by atoms with Gasteiger partial charge >= 0.3 is 0 Å². The highest BCUT2D eigenvalue weighted by atomic mass is 127. The number of carbonyl (C=O) groups is 1. The zero-order chi connectivity index (χ0) is 22.1. The van der Waals surface area contributed by atoms with Crippen LogP contribution >= 0.6 is 24.0 Å². The Hall–Kier alpha value is -1.46. The van der Waals surface area contributed by atoms with Crippen LogP contribution in [-0.4, -0.2) is 87.0 Å². The zero-order valence-electron chi connectivity index (χ0n) is 19.4. The molecule has 0 spiro atoms. The van der Waals surface area contributed by atoms with Crippen LogP contribution < -0.4 is 10.6 Å². The van der Waals surface area contributed by atoms with Crippen LogP contribution in [0.3, 0.4) is 0 Å². The molecular formula is C22H38FIN6O. The molecule has 7 nitrogen and oxygen atoms in total. The van der Waals surface area contributed by atoms with Gasteiger partial charge in [-0.25, -0.2) is 9.38 Å². The van der Waals surface area contributed by atoms with Crippen LogP contribution in [-0.2, 0) is 17.9 Å². The third-order valence-corrected chi connectivity index (χ3v) is 5.15. The number of halogens is 2. The number of guanidine groups is 1. The summed E-state index contributed by atoms with van der Waals surface area (Å²) >= 11 is 0. The fraction of sp³-hybridized carbons (Fsp3) is 0.636. The minimum Gasteiger partial charge on any atom is -0.357 e. The van der Waals surface area contributed by atoms with Gasteiger partial charge < -0.3 is 20.4 Å². The first-order chi connectivity index (χ1) is 14.3. The van der Waals surface area contributed by atoms with E-state index in [0.29, 0.717) is 31.2 Å². The molecule has 0 aliphatic carbocycles. The highest BCUT2D eigenvalue weighted by Gasteiger charge is 2.22. The summed E-state index contributed by atoms with van der Waals surface area (Å²) in [4.78, 5) is 22.4. The zero-order valence-corrected chi connectivity index (χ0v) is 21.8. The molecule has 31 heavy (non-hydrogen) atoms. The minimum atomic E-state index is -0.180. The van der Waals surface area contributed by atoms with E-state index in [1.165, 1.54) is 6.07 Å². The highest BCUT2D eigenvalue weighted by molar-refractivity contribution is 14.0. The van der Waals surface area contributed by atoms with Gasteiger partial charge in [0.2, 0.25) is 5.91 Å². The Balaban J connectivity index is 0.00000480. The van der Waals surface area contributed by atoms with E-state index in [1.807, 2.05) is 32.0 Å². The summed E-state index contributed by atoms with van der Waals surface area (Å²) in [5, 5.41) is 6.82. The van der Waals surface area contributed by atoms with Crippen LogP contribution in [0.4, 0.5) is 4.39 Å². The van der Waals surface area contributed by atoms with Gasteiger partial charge in [-0.3, -0.25) is 9.69 Å². The molecule has 1 aromatic carbocycles. The number of carbonyl (C=O) groups excluding carboxylic acids is 1. The highest BCUT2D eigenvalue weighted by Crippen LogP contribution is 2.14. The van der Waals surface area contributed by atoms with Crippen molar-refractivity contribution in [3.05, 3.63) is 35.1 Å². The minimum absolute atomic E-state index is 0. The number of likely N-dealkylation sites (N-methyl/N-ethyl adjacent to an activating group) is 1. The quantitative estimate of drug-likeness (QED) is 0.296. The van der Waals surface area contributed by atoms with Crippen molar-refractivity contribution in [2.45, 2.75) is 38.9 Å². The van der Waals surface area contributed by atoms with Gasteiger partial charge in [0.25, 0.3) is 0 Å². The van der Waals surface area contributed by atoms with Gasteiger partial charge in [0.15, 0.2) is 5.96 Å². The predicted molar refractivity (Wildman–Crippen MR) is 135 cm³/mol. The van der Waals surface area contributed by atoms with Crippen molar-refractivity contribution in [3.63, 3.8) is 0 Å². The number of rotatable bonds is 8. The normalized spacial score (nSPS) is 15.5. The van der Waals surface area contributed by atoms with Crippen LogP contribution in [0.2, 0.25) is 0 Å². The maximum absolute atomic E-state index is 14.0. The molecule has 1 aliphatic heterocycles. The van der Waals surface area contributed by atoms with Crippen LogP contribution in [0.5, 0.6) is 0 Å². The molecule has 2 N–H and O–H groups in total. The van der Waals surface area contributed by atoms with Crippen molar-refractivity contribution in [2.24, 2.45) is 4.99 Å². The summed E-state index contributed by atoms with van der Waals surface area (Å²) in [6.45, 7) is 6.14. The lowest BCUT2D eigenvalue weighted by Gasteiger charge is -2.33. The number of likely N-dealkylation sites (tertiary alicyclic amines) is 1. The topological polar surface area (TPSA) is 63.2 Å². The number of hydrogen-bond donors (Lipinski definition) is 2. The Morgan fingerprint density at radius 2 is 1.90 bits per heavy atom. The fourth-order valence-corrected chi connectivity index (χ4v) is 3.44. The van der Waals surface area contributed by atoms with Crippen molar-refractivity contribution in [1.29, 1.82) is 0 Å². The summed E-state index contributed by atoms with van der Waals surface area (Å²) in [7, 11) is 7.44. The molecule has 0 unspecified atom stereocenters. The molecule has 1 aliphatic rings. The number of aliphatic imine (C=N–C) groups is 1. The van der Waals surface area contributed by atoms with E-state index in [1.54, 1.807) is 25.1 Å². The van der Waals surface area contributed by atoms with Crippen molar-refractivity contribution < 1.29 is 9.18 Å². The van der Waals surface area contributed by atoms with Gasteiger partial charge in [-0.05, 0) is 51.6 Å². The lowest BCUT2D eigenvalue weighted by Crippen LogP contribution is -2.50. The third kappa shape index (κ3) is 9.69. The SMILES string of the molecule is CCNC(=NCc1ccc(F)c(CN(C)C)c1)NC1CCN(CC(=O)N(C)C)CC1.I. The molecule has 1 heterocycles. The molecule has 176 valence electrons. The number of hydrogen-bond acceptors (Lipinski definition) is 4. The lowest BCUT2D eigenvalue weighted by atomic mass is 10.1. The smallest absolute Gasteiger partial charge is 0.236 e. The molecule has 0 bridgehead atoms. The maximum atomic E-state index is 14.0. The third-order valence-electron chi connectivity index (χ3n) is 5.15. The maximum Gasteiger partial charge on any atom is 0.236 e. The number of nitrogens with zero attached hydrogens (tertiary/aromatic N) is 4. The van der Waals surface area contributed by atoms with Crippen LogP contribution in [0.15, 0.2) is 23.2 Å². The lowest BCUT2D eigenvalue weighted by molar-refractivity contribution is -0.130. The van der Waals surface area contributed by atoms with Crippen molar-refractivity contribution in [3.8, 4) is 0 Å². The molecule has 1 saturated heterocycles. The average molecular weight is 548 g/mol. The molecule has 0 aromatic heterocycles. The van der Waals surface area contributed by atoms with Gasteiger partial charge in [-0.15, -0.1) is 24.0 Å². The van der Waals surface area contributed by atoms with Gasteiger partial charge in [0, 0.05) is 51.9 Å². The molecule has 1 aromatic rings. The molecular weight excluding hydrogens is 510 g/mol. The first-order valence-corrected chi connectivity index (χ1v) is 10.7. The first-order valence-electron chi connectivity index (χ1n) is 10.7. The van der Waals surface area contributed by atoms with Crippen LogP contribution in [0.1, 0.15) is 30.9 Å². The molecule has 1 amide bonds. The summed E-state index contributed by atoms with van der Waals surface area (Å²) in [6, 6.07) is 5.53. The Morgan fingerprint density at radius 3 is 2.48 bits per heavy atom. The van der Waals surface area contributed by atoms with E-state index in [4.69, 9.17) is 4.99 Å². The Morgan fingerprint density at radius 1 is 1.23 bits per heavy atom. The van der Waals surface area contributed by atoms with Crippen molar-refractivity contribution in [2.75, 3.05) is 54.4 Å². The van der Waals surface area contributed by atoms with Crippen molar-refractivity contribution >= 4 is 35.8 Å². The fourth-order valence-electron chi connectivity index (χ4n) is 3.44. The van der Waals surface area contributed by atoms with Gasteiger partial charge in [-0.2, -0.15) is 0 Å². The second-order valence-electron chi connectivity index (χ2n) is 8.34. The number of piperidine rings is 1. The van der Waals surface area contributed by atoms with Crippen LogP contribution in [0, 0.1) is 5.82 Å². The number of benzene rings is 1. The molecule has 9 heteroatoms. The first kappa shape index (κ1) is 27.6. The average Bonchev–Trinajstić information content (AvgIpc) is 2.69. The van der Waals surface area contributed by atoms with E-state index >= 15 is 0 Å². The summed E-state index contributed by atoms with van der Waals surface area (Å²) in [6.07, 6.45) is 1.93. The number of amides is 1. The Bertz CT molecular complexity index is 720. The van der Waals surface area contributed by atoms with Gasteiger partial charge in [0.05, 0.1) is 13.1 Å². The van der Waals surface area contributed by atoms with E-state index in [0.717, 1.165) is 44.0 Å². The monoisotopic (exact) mass is 548 g/mol. The van der Waals surface area contributed by atoms with Crippen LogP contribution in [0.25, 0.3) is 0 Å². The summed E-state index contributed by atoms with van der Waals surface area (Å²) in [5.74, 6) is 0.740. The molecule has 0 radical (unpaired) electrons. The van der Waals surface area contributed by atoms with E-state index in [9.17, 15) is 9.18 Å². The molecule has 0 atom stereocenters.